The summed E-state index contributed by atoms with van der Waals surface area (Å²) < 4.78 is 5.08. The summed E-state index contributed by atoms with van der Waals surface area (Å²) in [6.07, 6.45) is 2.13. The molecule has 0 radical (unpaired) electrons. The Hall–Kier alpha value is -3.14. The smallest absolute Gasteiger partial charge is 0.308 e. The van der Waals surface area contributed by atoms with Gasteiger partial charge in [-0.1, -0.05) is 24.3 Å². The number of thiazole rings is 1. The van der Waals surface area contributed by atoms with Gasteiger partial charge in [0.15, 0.2) is 10.1 Å². The van der Waals surface area contributed by atoms with Crippen molar-refractivity contribution in [1.82, 2.24) is 4.98 Å². The van der Waals surface area contributed by atoms with E-state index in [0.29, 0.717) is 6.42 Å². The topological polar surface area (TPSA) is 127 Å². The van der Waals surface area contributed by atoms with E-state index in [1.807, 2.05) is 6.92 Å². The van der Waals surface area contributed by atoms with Crippen LogP contribution in [-0.4, -0.2) is 22.8 Å². The molecule has 0 unspecified atom stereocenters. The number of rotatable bonds is 7. The van der Waals surface area contributed by atoms with Gasteiger partial charge in [-0.25, -0.2) is 4.98 Å². The summed E-state index contributed by atoms with van der Waals surface area (Å²) in [6, 6.07) is 4.51. The first-order valence-electron chi connectivity index (χ1n) is 7.66. The Bertz CT molecular complexity index is 849. The predicted molar refractivity (Wildman–Crippen MR) is 96.8 cm³/mol. The maximum Gasteiger partial charge on any atom is 0.308 e. The van der Waals surface area contributed by atoms with Crippen molar-refractivity contribution in [3.05, 3.63) is 34.9 Å². The lowest BCUT2D eigenvalue weighted by atomic mass is 10.1. The van der Waals surface area contributed by atoms with Gasteiger partial charge in [0.05, 0.1) is 11.9 Å². The monoisotopic (exact) mass is 376 g/mol. The van der Waals surface area contributed by atoms with E-state index in [1.54, 1.807) is 6.07 Å². The highest BCUT2D eigenvalue weighted by atomic mass is 32.1. The molecule has 2 aromatic rings. The molecule has 2 amide bonds. The summed E-state index contributed by atoms with van der Waals surface area (Å²) in [7, 11) is 0. The van der Waals surface area contributed by atoms with Crippen LogP contribution in [0.1, 0.15) is 37.0 Å². The highest BCUT2D eigenvalue weighted by molar-refractivity contribution is 7.19. The lowest BCUT2D eigenvalue weighted by Gasteiger charge is -2.14. The van der Waals surface area contributed by atoms with E-state index in [2.05, 4.69) is 20.8 Å². The molecule has 1 aromatic carbocycles. The molecule has 26 heavy (non-hydrogen) atoms. The summed E-state index contributed by atoms with van der Waals surface area (Å²) in [5.74, 6) is -1.55. The summed E-state index contributed by atoms with van der Waals surface area (Å²) in [6.45, 7) is 3.05. The van der Waals surface area contributed by atoms with Gasteiger partial charge in [0.2, 0.25) is 5.91 Å². The zero-order valence-electron chi connectivity index (χ0n) is 14.1. The molecule has 0 aliphatic rings. The van der Waals surface area contributed by atoms with Crippen LogP contribution in [0.3, 0.4) is 0 Å². The number of carbonyl (C=O) groups is 3. The fourth-order valence-corrected chi connectivity index (χ4v) is 2.66. The molecule has 0 atom stereocenters. The second-order valence-electron chi connectivity index (χ2n) is 5.12. The minimum Gasteiger partial charge on any atom is -0.426 e. The summed E-state index contributed by atoms with van der Waals surface area (Å²) in [4.78, 5) is 50.3. The van der Waals surface area contributed by atoms with Crippen molar-refractivity contribution in [2.75, 3.05) is 10.6 Å². The minimum atomic E-state index is -0.652. The predicted octanol–water partition coefficient (Wildman–Crippen LogP) is 3.46. The van der Waals surface area contributed by atoms with Crippen molar-refractivity contribution >= 4 is 44.9 Å². The molecule has 1 heterocycles. The first-order valence-corrected chi connectivity index (χ1v) is 8.48. The standard InChI is InChI=1S/C16H16N4O5S/c1-3-5-12(22)18-10-6-4-7-11(25-9(2)21)14(10)15(23)19-16-17-8-13(20-24)26-16/h4,6-8H,3,5H2,1-2H3,(H,18,22)(H,17,19,23). The van der Waals surface area contributed by atoms with Gasteiger partial charge in [-0.2, -0.15) is 0 Å². The number of nitrogens with one attached hydrogen (secondary N) is 2. The minimum absolute atomic E-state index is 0.00501. The Balaban J connectivity index is 2.37. The molecular weight excluding hydrogens is 360 g/mol. The number of hydrogen-bond donors (Lipinski definition) is 2. The van der Waals surface area contributed by atoms with Gasteiger partial charge in [-0.05, 0) is 23.7 Å². The maximum absolute atomic E-state index is 12.7. The van der Waals surface area contributed by atoms with E-state index in [4.69, 9.17) is 4.74 Å². The largest absolute Gasteiger partial charge is 0.426 e. The normalized spacial score (nSPS) is 10.1. The van der Waals surface area contributed by atoms with E-state index in [1.165, 1.54) is 25.3 Å². The number of esters is 1. The van der Waals surface area contributed by atoms with Crippen LogP contribution in [0.2, 0.25) is 0 Å². The van der Waals surface area contributed by atoms with Gasteiger partial charge in [0.1, 0.15) is 11.3 Å². The highest BCUT2D eigenvalue weighted by Gasteiger charge is 2.21. The molecular formula is C16H16N4O5S. The number of carbonyl (C=O) groups excluding carboxylic acids is 3. The van der Waals surface area contributed by atoms with Crippen LogP contribution < -0.4 is 15.4 Å². The van der Waals surface area contributed by atoms with Crippen LogP contribution in [0.4, 0.5) is 15.8 Å². The van der Waals surface area contributed by atoms with Gasteiger partial charge >= 0.3 is 5.97 Å². The Morgan fingerprint density at radius 3 is 2.65 bits per heavy atom. The second-order valence-corrected chi connectivity index (χ2v) is 6.13. The van der Waals surface area contributed by atoms with Crippen molar-refractivity contribution < 1.29 is 19.1 Å². The zero-order valence-corrected chi connectivity index (χ0v) is 14.9. The second kappa shape index (κ2) is 8.81. The quantitative estimate of drug-likeness (QED) is 0.433. The lowest BCUT2D eigenvalue weighted by molar-refractivity contribution is -0.131. The Labute approximate surface area is 152 Å². The average Bonchev–Trinajstić information content (AvgIpc) is 3.02. The number of benzene rings is 1. The van der Waals surface area contributed by atoms with Crippen molar-refractivity contribution in [3.63, 3.8) is 0 Å². The van der Waals surface area contributed by atoms with Gasteiger partial charge in [0, 0.05) is 13.3 Å². The third-order valence-corrected chi connectivity index (χ3v) is 3.85. The van der Waals surface area contributed by atoms with E-state index >= 15 is 0 Å². The van der Waals surface area contributed by atoms with Gasteiger partial charge in [-0.15, -0.1) is 4.91 Å². The van der Waals surface area contributed by atoms with Crippen LogP contribution in [0, 0.1) is 4.91 Å². The molecule has 0 aliphatic heterocycles. The Kier molecular flexibility index (Phi) is 6.50. The number of nitrogens with zero attached hydrogens (tertiary/aromatic N) is 2. The molecule has 1 aromatic heterocycles. The van der Waals surface area contributed by atoms with Crippen LogP contribution in [0.25, 0.3) is 0 Å². The molecule has 136 valence electrons. The van der Waals surface area contributed by atoms with Crippen LogP contribution in [0.5, 0.6) is 5.75 Å². The van der Waals surface area contributed by atoms with Crippen molar-refractivity contribution in [2.24, 2.45) is 5.18 Å². The fraction of sp³-hybridized carbons (Fsp3) is 0.250. The fourth-order valence-electron chi connectivity index (χ4n) is 2.07. The Morgan fingerprint density at radius 2 is 2.04 bits per heavy atom. The third kappa shape index (κ3) is 4.93. The van der Waals surface area contributed by atoms with Gasteiger partial charge < -0.3 is 10.1 Å². The molecule has 2 rings (SSSR count). The molecule has 2 N–H and O–H groups in total. The molecule has 0 fully saturated rings. The van der Waals surface area contributed by atoms with E-state index in [0.717, 1.165) is 11.3 Å². The molecule has 0 saturated carbocycles. The third-order valence-electron chi connectivity index (χ3n) is 3.06. The lowest BCUT2D eigenvalue weighted by Crippen LogP contribution is -2.19. The summed E-state index contributed by atoms with van der Waals surface area (Å²) in [5.41, 5.74) is 0.174. The molecule has 0 spiro atoms. The van der Waals surface area contributed by atoms with Crippen LogP contribution in [0.15, 0.2) is 29.6 Å². The van der Waals surface area contributed by atoms with E-state index < -0.39 is 11.9 Å². The van der Waals surface area contributed by atoms with Crippen molar-refractivity contribution in [3.8, 4) is 5.75 Å². The number of nitroso groups, excluding NO2 is 1. The average molecular weight is 376 g/mol. The van der Waals surface area contributed by atoms with Crippen LogP contribution >= 0.6 is 11.3 Å². The zero-order chi connectivity index (χ0) is 19.1. The van der Waals surface area contributed by atoms with Crippen molar-refractivity contribution in [2.45, 2.75) is 26.7 Å². The first-order chi connectivity index (χ1) is 12.4. The molecule has 10 heteroatoms. The van der Waals surface area contributed by atoms with Crippen molar-refractivity contribution in [1.29, 1.82) is 0 Å². The first kappa shape index (κ1) is 19.2. The number of aromatic nitrogens is 1. The van der Waals surface area contributed by atoms with Gasteiger partial charge in [0.25, 0.3) is 5.91 Å². The van der Waals surface area contributed by atoms with Crippen LogP contribution in [-0.2, 0) is 9.59 Å². The molecule has 0 saturated heterocycles. The molecule has 0 bridgehead atoms. The van der Waals surface area contributed by atoms with E-state index in [-0.39, 0.29) is 39.5 Å². The van der Waals surface area contributed by atoms with E-state index in [9.17, 15) is 19.3 Å². The highest BCUT2D eigenvalue weighted by Crippen LogP contribution is 2.30. The SMILES string of the molecule is CCCC(=O)Nc1cccc(OC(C)=O)c1C(=O)Nc1ncc(N=O)s1. The Morgan fingerprint density at radius 1 is 1.27 bits per heavy atom. The number of anilines is 2. The number of amides is 2. The maximum atomic E-state index is 12.7. The summed E-state index contributed by atoms with van der Waals surface area (Å²) >= 11 is 0.886. The molecule has 9 nitrogen and oxygen atoms in total. The number of ether oxygens (including phenoxy) is 1. The molecule has 0 aliphatic carbocycles. The number of hydrogen-bond acceptors (Lipinski definition) is 8. The van der Waals surface area contributed by atoms with Gasteiger partial charge in [-0.3, -0.25) is 19.7 Å². The summed E-state index contributed by atoms with van der Waals surface area (Å²) in [5, 5.41) is 8.11.